The van der Waals surface area contributed by atoms with Crippen LogP contribution in [0.1, 0.15) is 37.2 Å². The predicted octanol–water partition coefficient (Wildman–Crippen LogP) is 4.49. The number of amides is 1. The maximum atomic E-state index is 12.6. The van der Waals surface area contributed by atoms with Crippen molar-refractivity contribution in [1.29, 1.82) is 0 Å². The molecule has 1 aliphatic rings. The number of para-hydroxylation sites is 1. The van der Waals surface area contributed by atoms with Gasteiger partial charge in [-0.2, -0.15) is 0 Å². The first-order valence-corrected chi connectivity index (χ1v) is 11.9. The van der Waals surface area contributed by atoms with Gasteiger partial charge in [0.1, 0.15) is 0 Å². The zero-order chi connectivity index (χ0) is 21.6. The third-order valence-corrected chi connectivity index (χ3v) is 6.50. The average molecular weight is 456 g/mol. The lowest BCUT2D eigenvalue weighted by Crippen LogP contribution is -2.28. The highest BCUT2D eigenvalue weighted by atomic mass is 35.5. The molecule has 0 bridgehead atoms. The van der Waals surface area contributed by atoms with E-state index >= 15 is 0 Å². The van der Waals surface area contributed by atoms with Gasteiger partial charge in [-0.1, -0.05) is 53.7 Å². The Bertz CT molecular complexity index is 1020. The number of likely N-dealkylation sites (tertiary alicyclic amines) is 1. The summed E-state index contributed by atoms with van der Waals surface area (Å²) in [6, 6.07) is 17.5. The van der Waals surface area contributed by atoms with E-state index in [0.29, 0.717) is 5.02 Å². The zero-order valence-electron chi connectivity index (χ0n) is 17.5. The minimum absolute atomic E-state index is 0.0545. The SMILES string of the molecule is CC(NC(=O)CSc1nnc(CN2CCCC2)n1-c1ccccc1)c1cccc(Cl)c1. The Labute approximate surface area is 192 Å². The van der Waals surface area contributed by atoms with Gasteiger partial charge in [0.25, 0.3) is 0 Å². The van der Waals surface area contributed by atoms with Crippen molar-refractivity contribution in [2.75, 3.05) is 18.8 Å². The van der Waals surface area contributed by atoms with Crippen LogP contribution in [0.4, 0.5) is 0 Å². The van der Waals surface area contributed by atoms with Crippen LogP contribution in [0.2, 0.25) is 5.02 Å². The minimum Gasteiger partial charge on any atom is -0.349 e. The number of benzene rings is 2. The van der Waals surface area contributed by atoms with Crippen molar-refractivity contribution in [2.24, 2.45) is 0 Å². The van der Waals surface area contributed by atoms with Crippen molar-refractivity contribution in [3.8, 4) is 5.69 Å². The highest BCUT2D eigenvalue weighted by Gasteiger charge is 2.20. The average Bonchev–Trinajstić information content (AvgIpc) is 3.43. The van der Waals surface area contributed by atoms with E-state index < -0.39 is 0 Å². The van der Waals surface area contributed by atoms with Crippen molar-refractivity contribution in [1.82, 2.24) is 25.0 Å². The molecule has 0 aliphatic carbocycles. The van der Waals surface area contributed by atoms with Crippen LogP contribution in [0.25, 0.3) is 5.69 Å². The summed E-state index contributed by atoms with van der Waals surface area (Å²) < 4.78 is 2.07. The molecule has 1 saturated heterocycles. The first kappa shape index (κ1) is 21.9. The second-order valence-electron chi connectivity index (χ2n) is 7.69. The van der Waals surface area contributed by atoms with E-state index in [9.17, 15) is 4.79 Å². The van der Waals surface area contributed by atoms with Crippen LogP contribution in [0.15, 0.2) is 59.8 Å². The Morgan fingerprint density at radius 2 is 1.90 bits per heavy atom. The monoisotopic (exact) mass is 455 g/mol. The van der Waals surface area contributed by atoms with Crippen LogP contribution in [0, 0.1) is 0 Å². The molecule has 2 aromatic carbocycles. The Balaban J connectivity index is 1.45. The second kappa shape index (κ2) is 10.3. The molecule has 2 heterocycles. The van der Waals surface area contributed by atoms with E-state index in [1.54, 1.807) is 0 Å². The highest BCUT2D eigenvalue weighted by molar-refractivity contribution is 7.99. The molecule has 8 heteroatoms. The Morgan fingerprint density at radius 1 is 1.13 bits per heavy atom. The first-order valence-electron chi connectivity index (χ1n) is 10.5. The molecule has 1 atom stereocenters. The fourth-order valence-electron chi connectivity index (χ4n) is 3.75. The predicted molar refractivity (Wildman–Crippen MR) is 125 cm³/mol. The molecule has 4 rings (SSSR count). The van der Waals surface area contributed by atoms with Gasteiger partial charge in [-0.15, -0.1) is 10.2 Å². The summed E-state index contributed by atoms with van der Waals surface area (Å²) in [5.41, 5.74) is 1.99. The maximum absolute atomic E-state index is 12.6. The van der Waals surface area contributed by atoms with Gasteiger partial charge in [0.05, 0.1) is 18.3 Å². The third-order valence-electron chi connectivity index (χ3n) is 5.34. The smallest absolute Gasteiger partial charge is 0.230 e. The molecule has 162 valence electrons. The topological polar surface area (TPSA) is 63.1 Å². The summed E-state index contributed by atoms with van der Waals surface area (Å²) in [6.45, 7) is 4.90. The van der Waals surface area contributed by atoms with Crippen molar-refractivity contribution in [2.45, 2.75) is 37.5 Å². The Kier molecular flexibility index (Phi) is 7.27. The molecule has 1 fully saturated rings. The molecule has 6 nitrogen and oxygen atoms in total. The number of halogens is 1. The van der Waals surface area contributed by atoms with Crippen molar-refractivity contribution in [3.05, 3.63) is 71.0 Å². The number of rotatable bonds is 8. The van der Waals surface area contributed by atoms with Gasteiger partial charge in [-0.25, -0.2) is 0 Å². The number of aromatic nitrogens is 3. The van der Waals surface area contributed by atoms with Crippen LogP contribution >= 0.6 is 23.4 Å². The molecule has 1 aliphatic heterocycles. The fourth-order valence-corrected chi connectivity index (χ4v) is 4.73. The van der Waals surface area contributed by atoms with Gasteiger partial charge in [0, 0.05) is 10.7 Å². The van der Waals surface area contributed by atoms with E-state index in [1.807, 2.05) is 61.5 Å². The number of nitrogens with zero attached hydrogens (tertiary/aromatic N) is 4. The van der Waals surface area contributed by atoms with Crippen LogP contribution < -0.4 is 5.32 Å². The number of thioether (sulfide) groups is 1. The largest absolute Gasteiger partial charge is 0.349 e. The standard InChI is InChI=1S/C23H26ClN5OS/c1-17(18-8-7-9-19(24)14-18)25-22(30)16-31-23-27-26-21(15-28-12-5-6-13-28)29(23)20-10-3-2-4-11-20/h2-4,7-11,14,17H,5-6,12-13,15-16H2,1H3,(H,25,30). The van der Waals surface area contributed by atoms with Crippen molar-refractivity contribution < 1.29 is 4.79 Å². The second-order valence-corrected chi connectivity index (χ2v) is 9.06. The minimum atomic E-state index is -0.121. The van der Waals surface area contributed by atoms with E-state index in [1.165, 1.54) is 24.6 Å². The van der Waals surface area contributed by atoms with E-state index in [0.717, 1.165) is 41.9 Å². The molecule has 0 saturated carbocycles. The first-order chi connectivity index (χ1) is 15.1. The van der Waals surface area contributed by atoms with Gasteiger partial charge in [-0.05, 0) is 62.7 Å². The summed E-state index contributed by atoms with van der Waals surface area (Å²) in [4.78, 5) is 15.0. The van der Waals surface area contributed by atoms with Gasteiger partial charge in [0.15, 0.2) is 11.0 Å². The number of hydrogen-bond donors (Lipinski definition) is 1. The molecule has 1 N–H and O–H groups in total. The third kappa shape index (κ3) is 5.67. The molecule has 1 amide bonds. The van der Waals surface area contributed by atoms with Crippen LogP contribution in [0.3, 0.4) is 0 Å². The molecule has 31 heavy (non-hydrogen) atoms. The van der Waals surface area contributed by atoms with E-state index in [-0.39, 0.29) is 17.7 Å². The number of hydrogen-bond acceptors (Lipinski definition) is 5. The zero-order valence-corrected chi connectivity index (χ0v) is 19.1. The van der Waals surface area contributed by atoms with Crippen LogP contribution in [-0.4, -0.2) is 44.4 Å². The molecular weight excluding hydrogens is 430 g/mol. The maximum Gasteiger partial charge on any atom is 0.230 e. The lowest BCUT2D eigenvalue weighted by Gasteiger charge is -2.16. The summed E-state index contributed by atoms with van der Waals surface area (Å²) >= 11 is 7.47. The molecule has 1 unspecified atom stereocenters. The van der Waals surface area contributed by atoms with Gasteiger partial charge >= 0.3 is 0 Å². The number of carbonyl (C=O) groups excluding carboxylic acids is 1. The number of nitrogens with one attached hydrogen (secondary N) is 1. The quantitative estimate of drug-likeness (QED) is 0.507. The molecular formula is C23H26ClN5OS. The van der Waals surface area contributed by atoms with Gasteiger partial charge < -0.3 is 5.32 Å². The Morgan fingerprint density at radius 3 is 2.65 bits per heavy atom. The highest BCUT2D eigenvalue weighted by Crippen LogP contribution is 2.24. The molecule has 0 spiro atoms. The normalized spacial score (nSPS) is 15.2. The van der Waals surface area contributed by atoms with E-state index in [2.05, 4.69) is 25.0 Å². The molecule has 3 aromatic rings. The molecule has 1 aromatic heterocycles. The summed E-state index contributed by atoms with van der Waals surface area (Å²) in [7, 11) is 0. The van der Waals surface area contributed by atoms with Crippen LogP contribution in [-0.2, 0) is 11.3 Å². The summed E-state index contributed by atoms with van der Waals surface area (Å²) in [5.74, 6) is 1.11. The fraction of sp³-hybridized carbons (Fsp3) is 0.348. The lowest BCUT2D eigenvalue weighted by atomic mass is 10.1. The van der Waals surface area contributed by atoms with Crippen molar-refractivity contribution in [3.63, 3.8) is 0 Å². The van der Waals surface area contributed by atoms with Gasteiger partial charge in [0.2, 0.25) is 5.91 Å². The summed E-state index contributed by atoms with van der Waals surface area (Å²) in [6.07, 6.45) is 2.46. The number of carbonyl (C=O) groups is 1. The molecule has 0 radical (unpaired) electrons. The van der Waals surface area contributed by atoms with E-state index in [4.69, 9.17) is 11.6 Å². The van der Waals surface area contributed by atoms with Crippen molar-refractivity contribution >= 4 is 29.3 Å². The lowest BCUT2D eigenvalue weighted by molar-refractivity contribution is -0.119. The van der Waals surface area contributed by atoms with Crippen LogP contribution in [0.5, 0.6) is 0 Å². The van der Waals surface area contributed by atoms with Gasteiger partial charge in [-0.3, -0.25) is 14.3 Å². The summed E-state index contributed by atoms with van der Waals surface area (Å²) in [5, 5.41) is 13.3. The Hall–Kier alpha value is -2.35.